The van der Waals surface area contributed by atoms with Crippen LogP contribution in [0.2, 0.25) is 0 Å². The molecule has 0 unspecified atom stereocenters. The lowest BCUT2D eigenvalue weighted by Gasteiger charge is -2.06. The van der Waals surface area contributed by atoms with E-state index >= 15 is 0 Å². The number of nitro groups is 1. The predicted octanol–water partition coefficient (Wildman–Crippen LogP) is 4.47. The van der Waals surface area contributed by atoms with Crippen molar-refractivity contribution >= 4 is 11.7 Å². The molecule has 9 nitrogen and oxygen atoms in total. The third-order valence-corrected chi connectivity index (χ3v) is 4.98. The van der Waals surface area contributed by atoms with Crippen molar-refractivity contribution < 1.29 is 18.9 Å². The topological polar surface area (TPSA) is 113 Å². The molecule has 4 aromatic rings. The molecule has 2 aromatic carbocycles. The lowest BCUT2D eigenvalue weighted by Crippen LogP contribution is -2.09. The van der Waals surface area contributed by atoms with Gasteiger partial charge in [0.05, 0.1) is 29.1 Å². The van der Waals surface area contributed by atoms with Gasteiger partial charge in [0.25, 0.3) is 5.69 Å². The molecule has 0 fully saturated rings. The summed E-state index contributed by atoms with van der Waals surface area (Å²) in [7, 11) is 0. The molecule has 2 heterocycles. The summed E-state index contributed by atoms with van der Waals surface area (Å²) in [5.74, 6) is 0.153. The molecular formula is C23H20N4O5. The van der Waals surface area contributed by atoms with Crippen molar-refractivity contribution in [1.29, 1.82) is 0 Å². The molecule has 0 aliphatic rings. The average Bonchev–Trinajstić information content (AvgIpc) is 3.37. The number of ether oxygens (including phenoxy) is 1. The van der Waals surface area contributed by atoms with E-state index in [0.717, 1.165) is 11.3 Å². The Balaban J connectivity index is 1.43. The highest BCUT2D eigenvalue weighted by molar-refractivity contribution is 5.91. The minimum Gasteiger partial charge on any atom is -0.454 e. The summed E-state index contributed by atoms with van der Waals surface area (Å²) in [6, 6.07) is 15.7. The number of carbonyl (C=O) groups excluding carboxylic acids is 1. The van der Waals surface area contributed by atoms with E-state index in [2.05, 4.69) is 10.1 Å². The molecule has 162 valence electrons. The summed E-state index contributed by atoms with van der Waals surface area (Å²) in [6.07, 6.45) is 1.46. The van der Waals surface area contributed by atoms with Gasteiger partial charge in [-0.15, -0.1) is 0 Å². The maximum absolute atomic E-state index is 12.7. The number of esters is 1. The number of nitro benzene ring substituents is 1. The van der Waals surface area contributed by atoms with E-state index in [1.807, 2.05) is 37.3 Å². The Morgan fingerprint density at radius 3 is 2.53 bits per heavy atom. The first kappa shape index (κ1) is 21.0. The molecular weight excluding hydrogens is 412 g/mol. The molecule has 0 amide bonds. The maximum atomic E-state index is 12.7. The molecule has 0 radical (unpaired) electrons. The molecule has 0 atom stereocenters. The Labute approximate surface area is 183 Å². The number of rotatable bonds is 7. The first-order chi connectivity index (χ1) is 15.4. The monoisotopic (exact) mass is 432 g/mol. The van der Waals surface area contributed by atoms with Gasteiger partial charge in [0.2, 0.25) is 5.89 Å². The molecule has 4 rings (SSSR count). The smallest absolute Gasteiger partial charge is 0.342 e. The van der Waals surface area contributed by atoms with Crippen LogP contribution in [0.3, 0.4) is 0 Å². The van der Waals surface area contributed by atoms with Crippen molar-refractivity contribution in [2.45, 2.75) is 27.0 Å². The third-order valence-electron chi connectivity index (χ3n) is 4.98. The number of hydrogen-bond donors (Lipinski definition) is 0. The van der Waals surface area contributed by atoms with Crippen LogP contribution >= 0.6 is 0 Å². The largest absolute Gasteiger partial charge is 0.454 e. The average molecular weight is 432 g/mol. The summed E-state index contributed by atoms with van der Waals surface area (Å²) in [5.41, 5.74) is 3.39. The molecule has 2 aromatic heterocycles. The Morgan fingerprint density at radius 1 is 1.12 bits per heavy atom. The van der Waals surface area contributed by atoms with E-state index in [1.165, 1.54) is 18.3 Å². The number of aromatic nitrogens is 3. The van der Waals surface area contributed by atoms with Gasteiger partial charge < -0.3 is 9.15 Å². The molecule has 0 bridgehead atoms. The summed E-state index contributed by atoms with van der Waals surface area (Å²) in [4.78, 5) is 27.2. The molecule has 9 heteroatoms. The standard InChI is InChI=1S/C23H20N4O5/c1-15-21(16(2)26(25-15)13-17-6-4-3-5-7-17)23(28)31-14-20-12-24-22(32-20)18-8-10-19(11-9-18)27(29)30/h3-12H,13-14H2,1-2H3. The summed E-state index contributed by atoms with van der Waals surface area (Å²) >= 11 is 0. The van der Waals surface area contributed by atoms with Crippen LogP contribution in [-0.4, -0.2) is 25.7 Å². The van der Waals surface area contributed by atoms with Crippen LogP contribution in [-0.2, 0) is 17.9 Å². The molecule has 0 aliphatic carbocycles. The lowest BCUT2D eigenvalue weighted by molar-refractivity contribution is -0.384. The zero-order chi connectivity index (χ0) is 22.7. The predicted molar refractivity (Wildman–Crippen MR) is 115 cm³/mol. The van der Waals surface area contributed by atoms with Crippen LogP contribution in [0.25, 0.3) is 11.5 Å². The first-order valence-corrected chi connectivity index (χ1v) is 9.87. The maximum Gasteiger partial charge on any atom is 0.342 e. The van der Waals surface area contributed by atoms with E-state index in [-0.39, 0.29) is 18.2 Å². The first-order valence-electron chi connectivity index (χ1n) is 9.87. The van der Waals surface area contributed by atoms with Crippen LogP contribution in [0.4, 0.5) is 5.69 Å². The van der Waals surface area contributed by atoms with Gasteiger partial charge in [-0.3, -0.25) is 14.8 Å². The van der Waals surface area contributed by atoms with E-state index in [4.69, 9.17) is 9.15 Å². The van der Waals surface area contributed by atoms with Crippen LogP contribution in [0.1, 0.15) is 33.1 Å². The van der Waals surface area contributed by atoms with Gasteiger partial charge in [0, 0.05) is 17.7 Å². The molecule has 0 aliphatic heterocycles. The van der Waals surface area contributed by atoms with Gasteiger partial charge >= 0.3 is 5.97 Å². The lowest BCUT2D eigenvalue weighted by atomic mass is 10.2. The van der Waals surface area contributed by atoms with E-state index < -0.39 is 10.9 Å². The second-order valence-electron chi connectivity index (χ2n) is 7.20. The zero-order valence-corrected chi connectivity index (χ0v) is 17.5. The quantitative estimate of drug-likeness (QED) is 0.240. The highest BCUT2D eigenvalue weighted by atomic mass is 16.6. The number of non-ortho nitro benzene ring substituents is 1. The van der Waals surface area contributed by atoms with Crippen molar-refractivity contribution in [3.8, 4) is 11.5 Å². The summed E-state index contributed by atoms with van der Waals surface area (Å²) < 4.78 is 12.8. The van der Waals surface area contributed by atoms with Gasteiger partial charge in [-0.2, -0.15) is 5.10 Å². The minimum atomic E-state index is -0.493. The third kappa shape index (κ3) is 4.41. The van der Waals surface area contributed by atoms with E-state index in [9.17, 15) is 14.9 Å². The molecule has 0 spiro atoms. The van der Waals surface area contributed by atoms with Gasteiger partial charge in [-0.1, -0.05) is 30.3 Å². The Hall–Kier alpha value is -4.27. The number of benzene rings is 2. The fraction of sp³-hybridized carbons (Fsp3) is 0.174. The summed E-state index contributed by atoms with van der Waals surface area (Å²) in [5, 5.41) is 15.2. The SMILES string of the molecule is Cc1nn(Cc2ccccc2)c(C)c1C(=O)OCc1cnc(-c2ccc([N+](=O)[O-])cc2)o1. The van der Waals surface area contributed by atoms with Crippen molar-refractivity contribution in [2.75, 3.05) is 0 Å². The van der Waals surface area contributed by atoms with Crippen molar-refractivity contribution in [3.05, 3.63) is 99.2 Å². The number of oxazole rings is 1. The van der Waals surface area contributed by atoms with Crippen LogP contribution in [0.15, 0.2) is 65.2 Å². The summed E-state index contributed by atoms with van der Waals surface area (Å²) in [6.45, 7) is 4.07. The number of nitrogens with zero attached hydrogens (tertiary/aromatic N) is 4. The number of carbonyl (C=O) groups is 1. The van der Waals surface area contributed by atoms with Gasteiger partial charge in [0.1, 0.15) is 5.56 Å². The Bertz CT molecular complexity index is 1260. The number of aryl methyl sites for hydroxylation is 1. The number of hydrogen-bond acceptors (Lipinski definition) is 7. The van der Waals surface area contributed by atoms with Gasteiger partial charge in [-0.25, -0.2) is 9.78 Å². The highest BCUT2D eigenvalue weighted by Crippen LogP contribution is 2.23. The second-order valence-corrected chi connectivity index (χ2v) is 7.20. The zero-order valence-electron chi connectivity index (χ0n) is 17.5. The van der Waals surface area contributed by atoms with Crippen LogP contribution in [0, 0.1) is 24.0 Å². The van der Waals surface area contributed by atoms with Crippen molar-refractivity contribution in [1.82, 2.24) is 14.8 Å². The molecule has 32 heavy (non-hydrogen) atoms. The Kier molecular flexibility index (Phi) is 5.80. The van der Waals surface area contributed by atoms with E-state index in [1.54, 1.807) is 23.7 Å². The fourth-order valence-electron chi connectivity index (χ4n) is 3.34. The molecule has 0 saturated carbocycles. The second kappa shape index (κ2) is 8.84. The molecule has 0 saturated heterocycles. The van der Waals surface area contributed by atoms with E-state index in [0.29, 0.717) is 29.1 Å². The molecule has 0 N–H and O–H groups in total. The fourth-order valence-corrected chi connectivity index (χ4v) is 3.34. The van der Waals surface area contributed by atoms with Crippen LogP contribution < -0.4 is 0 Å². The Morgan fingerprint density at radius 2 is 1.84 bits per heavy atom. The minimum absolute atomic E-state index is 0.0204. The van der Waals surface area contributed by atoms with Crippen LogP contribution in [0.5, 0.6) is 0 Å². The van der Waals surface area contributed by atoms with Crippen molar-refractivity contribution in [2.24, 2.45) is 0 Å². The van der Waals surface area contributed by atoms with Crippen molar-refractivity contribution in [3.63, 3.8) is 0 Å². The normalized spacial score (nSPS) is 10.8. The van der Waals surface area contributed by atoms with Gasteiger partial charge in [-0.05, 0) is 31.5 Å². The van der Waals surface area contributed by atoms with Gasteiger partial charge in [0.15, 0.2) is 12.4 Å². The highest BCUT2D eigenvalue weighted by Gasteiger charge is 2.21.